The lowest BCUT2D eigenvalue weighted by Crippen LogP contribution is -2.34. The maximum Gasteiger partial charge on any atom is 0.225 e. The standard InChI is InChI=1S/C25H28N2O3/c1-25(2)12-18(28)21-19(13-25)30-24-22(20(21)14-7-6-8-15(11-14)29-3)23(26)16-9-4-5-10-17(16)27-24/h6-8,11,20H,4-5,9-10,12-13H2,1-3H3,(H2,26,27)/t20-/m0/s1. The smallest absolute Gasteiger partial charge is 0.225 e. The minimum absolute atomic E-state index is 0.133. The number of hydrogen-bond donors (Lipinski definition) is 1. The molecule has 0 saturated carbocycles. The number of hydrogen-bond acceptors (Lipinski definition) is 5. The van der Waals surface area contributed by atoms with Gasteiger partial charge in [0.2, 0.25) is 5.88 Å². The number of aromatic nitrogens is 1. The lowest BCUT2D eigenvalue weighted by Gasteiger charge is -2.39. The summed E-state index contributed by atoms with van der Waals surface area (Å²) in [5, 5.41) is 0. The fourth-order valence-electron chi connectivity index (χ4n) is 5.23. The number of carbonyl (C=O) groups is 1. The Morgan fingerprint density at radius 3 is 2.80 bits per heavy atom. The van der Waals surface area contributed by atoms with Gasteiger partial charge in [-0.2, -0.15) is 0 Å². The highest BCUT2D eigenvalue weighted by atomic mass is 16.5. The molecular formula is C25H28N2O3. The van der Waals surface area contributed by atoms with Gasteiger partial charge in [-0.25, -0.2) is 4.98 Å². The number of fused-ring (bicyclic) bond motifs is 2. The number of benzene rings is 1. The summed E-state index contributed by atoms with van der Waals surface area (Å²) in [5.41, 5.74) is 12.1. The lowest BCUT2D eigenvalue weighted by molar-refractivity contribution is -0.118. The van der Waals surface area contributed by atoms with Gasteiger partial charge in [-0.1, -0.05) is 26.0 Å². The molecule has 1 aromatic heterocycles. The predicted molar refractivity (Wildman–Crippen MR) is 116 cm³/mol. The lowest BCUT2D eigenvalue weighted by atomic mass is 9.69. The molecule has 0 saturated heterocycles. The Kier molecular flexibility index (Phi) is 4.38. The summed E-state index contributed by atoms with van der Waals surface area (Å²) in [6, 6.07) is 7.91. The van der Waals surface area contributed by atoms with Gasteiger partial charge < -0.3 is 15.2 Å². The van der Waals surface area contributed by atoms with Crippen molar-refractivity contribution < 1.29 is 14.3 Å². The molecule has 2 aliphatic carbocycles. The van der Waals surface area contributed by atoms with Crippen LogP contribution in [0, 0.1) is 5.41 Å². The molecule has 0 fully saturated rings. The zero-order chi connectivity index (χ0) is 21.0. The average molecular weight is 405 g/mol. The first-order valence-electron chi connectivity index (χ1n) is 10.8. The van der Waals surface area contributed by atoms with Crippen LogP contribution in [0.15, 0.2) is 35.6 Å². The third-order valence-electron chi connectivity index (χ3n) is 6.62. The molecule has 0 radical (unpaired) electrons. The zero-order valence-electron chi connectivity index (χ0n) is 17.9. The topological polar surface area (TPSA) is 74.4 Å². The summed E-state index contributed by atoms with van der Waals surface area (Å²) in [4.78, 5) is 18.3. The maximum atomic E-state index is 13.4. The summed E-state index contributed by atoms with van der Waals surface area (Å²) in [7, 11) is 1.66. The number of methoxy groups -OCH3 is 1. The quantitative estimate of drug-likeness (QED) is 0.784. The van der Waals surface area contributed by atoms with Gasteiger partial charge in [-0.05, 0) is 54.4 Å². The molecular weight excluding hydrogens is 376 g/mol. The SMILES string of the molecule is COc1cccc([C@H]2C3=C(CC(C)(C)CC3=O)Oc3nc4c(c(N)c32)CCCC4)c1. The number of ether oxygens (including phenoxy) is 2. The monoisotopic (exact) mass is 404 g/mol. The first-order chi connectivity index (χ1) is 14.4. The van der Waals surface area contributed by atoms with E-state index in [9.17, 15) is 4.79 Å². The molecule has 5 heteroatoms. The van der Waals surface area contributed by atoms with Crippen LogP contribution in [0.4, 0.5) is 5.69 Å². The van der Waals surface area contributed by atoms with E-state index in [0.29, 0.717) is 18.7 Å². The van der Waals surface area contributed by atoms with E-state index < -0.39 is 0 Å². The number of Topliss-reactive ketones (excluding diaryl/α,β-unsaturated/α-hetero) is 1. The normalized spacial score (nSPS) is 22.0. The number of nitrogens with zero attached hydrogens (tertiary/aromatic N) is 1. The molecule has 5 rings (SSSR count). The summed E-state index contributed by atoms with van der Waals surface area (Å²) in [5.74, 6) is 1.94. The first-order valence-corrected chi connectivity index (χ1v) is 10.8. The van der Waals surface area contributed by atoms with E-state index in [4.69, 9.17) is 20.2 Å². The highest BCUT2D eigenvalue weighted by Crippen LogP contribution is 2.52. The summed E-state index contributed by atoms with van der Waals surface area (Å²) in [6.07, 6.45) is 5.31. The predicted octanol–water partition coefficient (Wildman–Crippen LogP) is 4.72. The zero-order valence-corrected chi connectivity index (χ0v) is 17.9. The van der Waals surface area contributed by atoms with Crippen LogP contribution in [0.25, 0.3) is 0 Å². The largest absolute Gasteiger partial charge is 0.497 e. The fourth-order valence-corrected chi connectivity index (χ4v) is 5.23. The Morgan fingerprint density at radius 1 is 1.20 bits per heavy atom. The molecule has 2 aromatic rings. The minimum atomic E-state index is -0.276. The van der Waals surface area contributed by atoms with E-state index in [1.54, 1.807) is 7.11 Å². The van der Waals surface area contributed by atoms with Crippen LogP contribution in [-0.2, 0) is 17.6 Å². The molecule has 2 N–H and O–H groups in total. The van der Waals surface area contributed by atoms with Crippen molar-refractivity contribution in [2.24, 2.45) is 5.41 Å². The number of pyridine rings is 1. The molecule has 0 bridgehead atoms. The van der Waals surface area contributed by atoms with Gasteiger partial charge in [-0.3, -0.25) is 4.79 Å². The number of nitrogen functional groups attached to an aromatic ring is 1. The molecule has 0 spiro atoms. The van der Waals surface area contributed by atoms with Crippen molar-refractivity contribution in [3.8, 4) is 11.6 Å². The van der Waals surface area contributed by atoms with Gasteiger partial charge in [0.05, 0.1) is 12.7 Å². The number of rotatable bonds is 2. The number of nitrogens with two attached hydrogens (primary N) is 1. The number of aryl methyl sites for hydroxylation is 1. The molecule has 2 heterocycles. The first kappa shape index (κ1) is 19.2. The van der Waals surface area contributed by atoms with Crippen molar-refractivity contribution in [1.82, 2.24) is 4.98 Å². The molecule has 1 atom stereocenters. The summed E-state index contributed by atoms with van der Waals surface area (Å²) >= 11 is 0. The highest BCUT2D eigenvalue weighted by Gasteiger charge is 2.44. The second-order valence-electron chi connectivity index (χ2n) is 9.47. The van der Waals surface area contributed by atoms with E-state index >= 15 is 0 Å². The molecule has 5 nitrogen and oxygen atoms in total. The molecule has 0 unspecified atom stereocenters. The van der Waals surface area contributed by atoms with Crippen molar-refractivity contribution in [2.45, 2.75) is 58.3 Å². The van der Waals surface area contributed by atoms with Gasteiger partial charge in [0.1, 0.15) is 11.5 Å². The van der Waals surface area contributed by atoms with Crippen molar-refractivity contribution in [1.29, 1.82) is 0 Å². The Morgan fingerprint density at radius 2 is 2.00 bits per heavy atom. The average Bonchev–Trinajstić information content (AvgIpc) is 2.71. The van der Waals surface area contributed by atoms with Crippen LogP contribution in [0.5, 0.6) is 11.6 Å². The molecule has 1 aromatic carbocycles. The molecule has 1 aliphatic heterocycles. The second-order valence-corrected chi connectivity index (χ2v) is 9.47. The number of ketones is 1. The third kappa shape index (κ3) is 2.99. The van der Waals surface area contributed by atoms with E-state index in [1.807, 2.05) is 24.3 Å². The van der Waals surface area contributed by atoms with Gasteiger partial charge >= 0.3 is 0 Å². The van der Waals surface area contributed by atoms with Gasteiger partial charge in [0.15, 0.2) is 5.78 Å². The van der Waals surface area contributed by atoms with E-state index in [2.05, 4.69) is 13.8 Å². The van der Waals surface area contributed by atoms with Gasteiger partial charge in [0, 0.05) is 35.7 Å². The Balaban J connectivity index is 1.76. The van der Waals surface area contributed by atoms with Crippen molar-refractivity contribution in [3.63, 3.8) is 0 Å². The number of carbonyl (C=O) groups excluding carboxylic acids is 1. The van der Waals surface area contributed by atoms with Crippen molar-refractivity contribution in [2.75, 3.05) is 12.8 Å². The number of allylic oxidation sites excluding steroid dienone is 2. The van der Waals surface area contributed by atoms with Crippen molar-refractivity contribution in [3.05, 3.63) is 58.0 Å². The van der Waals surface area contributed by atoms with Crippen LogP contribution in [-0.4, -0.2) is 17.9 Å². The molecule has 156 valence electrons. The molecule has 3 aliphatic rings. The fraction of sp³-hybridized carbons (Fsp3) is 0.440. The molecule has 0 amide bonds. The van der Waals surface area contributed by atoms with Crippen LogP contribution in [0.3, 0.4) is 0 Å². The van der Waals surface area contributed by atoms with Crippen LogP contribution < -0.4 is 15.2 Å². The second kappa shape index (κ2) is 6.86. The van der Waals surface area contributed by atoms with E-state index in [1.165, 1.54) is 0 Å². The van der Waals surface area contributed by atoms with Crippen LogP contribution in [0.1, 0.15) is 67.8 Å². The third-order valence-corrected chi connectivity index (χ3v) is 6.62. The minimum Gasteiger partial charge on any atom is -0.497 e. The van der Waals surface area contributed by atoms with Crippen LogP contribution >= 0.6 is 0 Å². The summed E-state index contributed by atoms with van der Waals surface area (Å²) < 4.78 is 11.8. The van der Waals surface area contributed by atoms with Gasteiger partial charge in [-0.15, -0.1) is 0 Å². The maximum absolute atomic E-state index is 13.4. The summed E-state index contributed by atoms with van der Waals surface area (Å²) in [6.45, 7) is 4.23. The Bertz CT molecular complexity index is 1080. The van der Waals surface area contributed by atoms with E-state index in [0.717, 1.165) is 70.8 Å². The van der Waals surface area contributed by atoms with Crippen molar-refractivity contribution >= 4 is 11.5 Å². The van der Waals surface area contributed by atoms with Crippen LogP contribution in [0.2, 0.25) is 0 Å². The Labute approximate surface area is 177 Å². The van der Waals surface area contributed by atoms with E-state index in [-0.39, 0.29) is 17.1 Å². The molecule has 30 heavy (non-hydrogen) atoms. The number of anilines is 1. The Hall–Kier alpha value is -2.82. The highest BCUT2D eigenvalue weighted by molar-refractivity contribution is 6.00. The van der Waals surface area contributed by atoms with Gasteiger partial charge in [0.25, 0.3) is 0 Å².